The van der Waals surface area contributed by atoms with E-state index in [1.54, 1.807) is 54.9 Å². The van der Waals surface area contributed by atoms with E-state index in [-0.39, 0.29) is 23.8 Å². The molecule has 2 aliphatic heterocycles. The molecule has 2 saturated heterocycles. The molecular formula is C25H21ClN6O5S. The third kappa shape index (κ3) is 4.10. The summed E-state index contributed by atoms with van der Waals surface area (Å²) in [6.45, 7) is -0.409. The molecular weight excluding hydrogens is 532 g/mol. The lowest BCUT2D eigenvalue weighted by Gasteiger charge is -2.39. The molecule has 4 unspecified atom stereocenters. The summed E-state index contributed by atoms with van der Waals surface area (Å²) in [4.78, 5) is 22.8. The molecule has 194 valence electrons. The summed E-state index contributed by atoms with van der Waals surface area (Å²) >= 11 is 6.03. The zero-order valence-corrected chi connectivity index (χ0v) is 21.2. The van der Waals surface area contributed by atoms with Gasteiger partial charge in [0.2, 0.25) is 15.8 Å². The molecule has 0 saturated carbocycles. The first-order chi connectivity index (χ1) is 18.2. The van der Waals surface area contributed by atoms with Crippen LogP contribution in [0.3, 0.4) is 0 Å². The van der Waals surface area contributed by atoms with Crippen molar-refractivity contribution in [3.05, 3.63) is 78.0 Å². The van der Waals surface area contributed by atoms with Crippen molar-refractivity contribution in [2.24, 2.45) is 0 Å². The van der Waals surface area contributed by atoms with Gasteiger partial charge >= 0.3 is 0 Å². The fourth-order valence-corrected chi connectivity index (χ4v) is 6.75. The van der Waals surface area contributed by atoms with Gasteiger partial charge in [-0.3, -0.25) is 9.78 Å². The number of hydrogen-bond donors (Lipinski definition) is 2. The van der Waals surface area contributed by atoms with Gasteiger partial charge in [-0.15, -0.1) is 10.2 Å². The number of aromatic nitrogens is 4. The molecule has 2 bridgehead atoms. The predicted molar refractivity (Wildman–Crippen MR) is 137 cm³/mol. The first-order valence-corrected chi connectivity index (χ1v) is 13.5. The Balaban J connectivity index is 1.26. The first-order valence-electron chi connectivity index (χ1n) is 11.7. The monoisotopic (exact) mass is 552 g/mol. The third-order valence-electron chi connectivity index (χ3n) is 7.01. The van der Waals surface area contributed by atoms with Crippen LogP contribution in [0.2, 0.25) is 5.02 Å². The van der Waals surface area contributed by atoms with Gasteiger partial charge in [-0.25, -0.2) is 13.4 Å². The Labute approximate surface area is 222 Å². The van der Waals surface area contributed by atoms with E-state index in [2.05, 4.69) is 20.2 Å². The number of aliphatic hydroxyl groups is 2. The van der Waals surface area contributed by atoms with E-state index in [0.29, 0.717) is 16.1 Å². The fourth-order valence-electron chi connectivity index (χ4n) is 5.06. The van der Waals surface area contributed by atoms with Crippen molar-refractivity contribution in [2.45, 2.75) is 29.2 Å². The van der Waals surface area contributed by atoms with Gasteiger partial charge in [0.25, 0.3) is 5.91 Å². The van der Waals surface area contributed by atoms with Gasteiger partial charge in [-0.2, -0.15) is 4.31 Å². The second-order valence-electron chi connectivity index (χ2n) is 9.21. The van der Waals surface area contributed by atoms with E-state index >= 15 is 0 Å². The first kappa shape index (κ1) is 24.8. The van der Waals surface area contributed by atoms with Crippen LogP contribution in [0.25, 0.3) is 22.0 Å². The van der Waals surface area contributed by atoms with Crippen molar-refractivity contribution < 1.29 is 23.4 Å². The van der Waals surface area contributed by atoms with Crippen molar-refractivity contribution in [3.63, 3.8) is 0 Å². The Hall–Kier alpha value is -3.55. The molecule has 0 spiro atoms. The zero-order valence-electron chi connectivity index (χ0n) is 19.7. The molecule has 2 aromatic heterocycles. The number of pyridine rings is 1. The highest BCUT2D eigenvalue weighted by molar-refractivity contribution is 7.89. The number of nitrogens with zero attached hydrogens (tertiary/aromatic N) is 6. The maximum absolute atomic E-state index is 13.5. The maximum atomic E-state index is 13.5. The number of aliphatic hydroxyl groups excluding tert-OH is 2. The number of rotatable bonds is 4. The molecule has 38 heavy (non-hydrogen) atoms. The second-order valence-corrected chi connectivity index (χ2v) is 11.6. The molecule has 11 nitrogen and oxygen atoms in total. The van der Waals surface area contributed by atoms with Gasteiger partial charge in [-0.05, 0) is 47.2 Å². The van der Waals surface area contributed by atoms with Crippen LogP contribution < -0.4 is 0 Å². The highest BCUT2D eigenvalue weighted by Crippen LogP contribution is 2.35. The lowest BCUT2D eigenvalue weighted by Crippen LogP contribution is -2.59. The van der Waals surface area contributed by atoms with Crippen LogP contribution in [0.4, 0.5) is 0 Å². The molecule has 2 aliphatic rings. The van der Waals surface area contributed by atoms with Gasteiger partial charge in [0.15, 0.2) is 0 Å². The largest absolute Gasteiger partial charge is 0.388 e. The molecule has 2 aromatic carbocycles. The van der Waals surface area contributed by atoms with Crippen LogP contribution in [0.1, 0.15) is 10.6 Å². The molecule has 4 aromatic rings. The Morgan fingerprint density at radius 1 is 0.921 bits per heavy atom. The topological polar surface area (TPSA) is 150 Å². The number of amides is 1. The number of carbonyl (C=O) groups is 1. The third-order valence-corrected chi connectivity index (χ3v) is 9.07. The molecule has 0 radical (unpaired) electrons. The fraction of sp³-hybridized carbons (Fsp3) is 0.240. The molecule has 0 aliphatic carbocycles. The summed E-state index contributed by atoms with van der Waals surface area (Å²) in [5, 5.41) is 31.5. The number of hydrogen-bond acceptors (Lipinski definition) is 9. The van der Waals surface area contributed by atoms with Crippen molar-refractivity contribution in [3.8, 4) is 11.3 Å². The molecule has 13 heteroatoms. The molecule has 2 N–H and O–H groups in total. The van der Waals surface area contributed by atoms with Crippen LogP contribution in [0.15, 0.2) is 72.0 Å². The Bertz CT molecular complexity index is 1620. The van der Waals surface area contributed by atoms with Crippen LogP contribution in [0, 0.1) is 0 Å². The van der Waals surface area contributed by atoms with E-state index < -0.39 is 40.2 Å². The van der Waals surface area contributed by atoms with Crippen molar-refractivity contribution in [1.29, 1.82) is 0 Å². The van der Waals surface area contributed by atoms with E-state index in [1.165, 1.54) is 21.5 Å². The van der Waals surface area contributed by atoms with Crippen molar-refractivity contribution in [2.75, 3.05) is 13.1 Å². The minimum Gasteiger partial charge on any atom is -0.388 e. The Morgan fingerprint density at radius 3 is 2.24 bits per heavy atom. The average Bonchev–Trinajstić information content (AvgIpc) is 3.09. The summed E-state index contributed by atoms with van der Waals surface area (Å²) in [7, 11) is -3.99. The zero-order chi connectivity index (χ0) is 26.6. The highest BCUT2D eigenvalue weighted by Gasteiger charge is 2.56. The second kappa shape index (κ2) is 9.33. The Kier molecular flexibility index (Phi) is 6.08. The molecule has 2 fully saturated rings. The van der Waals surface area contributed by atoms with E-state index in [1.807, 2.05) is 0 Å². The highest BCUT2D eigenvalue weighted by atomic mass is 35.5. The van der Waals surface area contributed by atoms with Crippen molar-refractivity contribution in [1.82, 2.24) is 29.4 Å². The lowest BCUT2D eigenvalue weighted by molar-refractivity contribution is 0.0352. The number of piperazine rings is 1. The SMILES string of the molecule is O=C(c1ncc(-c2ccncc2)nn1)N1C2CN(S(=O)(=O)c3ccc4cc(Cl)ccc4c3)CC1C(O)C2O. The van der Waals surface area contributed by atoms with Gasteiger partial charge in [0.05, 0.1) is 23.2 Å². The lowest BCUT2D eigenvalue weighted by atomic mass is 10.1. The normalized spacial score (nSPS) is 23.6. The van der Waals surface area contributed by atoms with Crippen molar-refractivity contribution >= 4 is 38.3 Å². The molecule has 6 rings (SSSR count). The minimum absolute atomic E-state index is 0.0645. The van der Waals surface area contributed by atoms with Crippen LogP contribution >= 0.6 is 11.6 Å². The smallest absolute Gasteiger partial charge is 0.294 e. The van der Waals surface area contributed by atoms with Crippen LogP contribution in [-0.2, 0) is 10.0 Å². The summed E-state index contributed by atoms with van der Waals surface area (Å²) in [5.41, 5.74) is 1.17. The Morgan fingerprint density at radius 2 is 1.58 bits per heavy atom. The van der Waals surface area contributed by atoms with E-state index in [0.717, 1.165) is 10.9 Å². The summed E-state index contributed by atoms with van der Waals surface area (Å²) in [6, 6.07) is 11.3. The number of sulfonamides is 1. The molecule has 4 atom stereocenters. The van der Waals surface area contributed by atoms with E-state index in [9.17, 15) is 23.4 Å². The van der Waals surface area contributed by atoms with Crippen LogP contribution in [0.5, 0.6) is 0 Å². The summed E-state index contributed by atoms with van der Waals surface area (Å²) in [5.74, 6) is -0.868. The van der Waals surface area contributed by atoms with Crippen LogP contribution in [-0.4, -0.2) is 91.3 Å². The van der Waals surface area contributed by atoms with E-state index in [4.69, 9.17) is 11.6 Å². The number of carbonyl (C=O) groups excluding carboxylic acids is 1. The molecule has 1 amide bonds. The maximum Gasteiger partial charge on any atom is 0.294 e. The number of benzene rings is 2. The molecule has 4 heterocycles. The van der Waals surface area contributed by atoms with Gasteiger partial charge in [-0.1, -0.05) is 23.7 Å². The number of fused-ring (bicyclic) bond motifs is 3. The van der Waals surface area contributed by atoms with Gasteiger partial charge in [0, 0.05) is 36.1 Å². The standard InChI is InChI=1S/C25H21ClN6O5S/c26-17-3-1-16-10-18(4-2-15(16)9-17)38(36,37)31-12-20-22(33)23(34)21(13-31)32(20)25(35)24-28-11-19(29-30-24)14-5-7-27-8-6-14/h1-11,20-23,33-34H,12-13H2. The number of halogens is 1. The quantitative estimate of drug-likeness (QED) is 0.382. The van der Waals surface area contributed by atoms with Gasteiger partial charge in [0.1, 0.15) is 17.9 Å². The summed E-state index contributed by atoms with van der Waals surface area (Å²) < 4.78 is 28.3. The minimum atomic E-state index is -3.99. The predicted octanol–water partition coefficient (Wildman–Crippen LogP) is 1.36. The summed E-state index contributed by atoms with van der Waals surface area (Å²) in [6.07, 6.45) is 1.91. The van der Waals surface area contributed by atoms with Gasteiger partial charge < -0.3 is 15.1 Å². The average molecular weight is 553 g/mol.